The summed E-state index contributed by atoms with van der Waals surface area (Å²) in [7, 11) is -4.03. The number of aliphatic carboxylic acids is 1. The van der Waals surface area contributed by atoms with E-state index < -0.39 is 34.2 Å². The van der Waals surface area contributed by atoms with Gasteiger partial charge < -0.3 is 19.9 Å². The first kappa shape index (κ1) is 26.1. The summed E-state index contributed by atoms with van der Waals surface area (Å²) in [6, 6.07) is 11.0. The van der Waals surface area contributed by atoms with E-state index in [4.69, 9.17) is 26.2 Å². The van der Waals surface area contributed by atoms with Crippen LogP contribution in [0.15, 0.2) is 53.4 Å². The summed E-state index contributed by atoms with van der Waals surface area (Å²) in [5.74, 6) is -1.50. The van der Waals surface area contributed by atoms with Crippen LogP contribution in [-0.2, 0) is 35.5 Å². The van der Waals surface area contributed by atoms with Gasteiger partial charge in [-0.25, -0.2) is 8.42 Å². The Bertz CT molecular complexity index is 1070. The van der Waals surface area contributed by atoms with Crippen molar-refractivity contribution < 1.29 is 32.6 Å². The van der Waals surface area contributed by atoms with E-state index in [1.54, 1.807) is 24.3 Å². The molecule has 0 aromatic heterocycles. The number of carboxylic acids is 1. The quantitative estimate of drug-likeness (QED) is 0.423. The monoisotopic (exact) mass is 510 g/mol. The van der Waals surface area contributed by atoms with Gasteiger partial charge in [0.25, 0.3) is 0 Å². The average Bonchev–Trinajstić information content (AvgIpc) is 2.82. The van der Waals surface area contributed by atoms with Gasteiger partial charge in [0.2, 0.25) is 15.9 Å². The largest absolute Gasteiger partial charge is 0.481 e. The maximum absolute atomic E-state index is 13.0. The van der Waals surface area contributed by atoms with Crippen molar-refractivity contribution in [2.45, 2.75) is 49.3 Å². The number of carbonyl (C=O) groups excluding carboxylic acids is 1. The predicted molar refractivity (Wildman–Crippen MR) is 126 cm³/mol. The molecule has 2 aromatic carbocycles. The molecule has 2 atom stereocenters. The number of carboxylic acid groups (broad SMARTS) is 1. The second-order valence-corrected chi connectivity index (χ2v) is 9.99. The smallest absolute Gasteiger partial charge is 0.303 e. The lowest BCUT2D eigenvalue weighted by atomic mass is 10.1. The number of nitrogens with one attached hydrogen (secondary N) is 2. The highest BCUT2D eigenvalue weighted by atomic mass is 35.5. The molecule has 0 bridgehead atoms. The summed E-state index contributed by atoms with van der Waals surface area (Å²) in [4.78, 5) is 23.7. The third-order valence-corrected chi connectivity index (χ3v) is 6.91. The summed E-state index contributed by atoms with van der Waals surface area (Å²) in [5, 5.41) is 11.9. The molecule has 2 aromatic rings. The molecule has 9 nitrogen and oxygen atoms in total. The van der Waals surface area contributed by atoms with E-state index in [-0.39, 0.29) is 17.9 Å². The van der Waals surface area contributed by atoms with Gasteiger partial charge in [-0.3, -0.25) is 9.59 Å². The molecule has 1 aliphatic rings. The second-order valence-electron chi connectivity index (χ2n) is 7.84. The van der Waals surface area contributed by atoms with Gasteiger partial charge in [-0.2, -0.15) is 4.72 Å². The van der Waals surface area contributed by atoms with E-state index in [0.717, 1.165) is 18.4 Å². The number of amides is 1. The summed E-state index contributed by atoms with van der Waals surface area (Å²) < 4.78 is 39.3. The first-order valence-corrected chi connectivity index (χ1v) is 12.7. The van der Waals surface area contributed by atoms with Gasteiger partial charge in [0, 0.05) is 23.7 Å². The number of rotatable bonds is 11. The van der Waals surface area contributed by atoms with Gasteiger partial charge in [-0.15, -0.1) is 0 Å². The van der Waals surface area contributed by atoms with Crippen LogP contribution < -0.4 is 10.0 Å². The van der Waals surface area contributed by atoms with Crippen molar-refractivity contribution in [2.75, 3.05) is 18.5 Å². The van der Waals surface area contributed by atoms with Crippen LogP contribution in [0.4, 0.5) is 5.69 Å². The van der Waals surface area contributed by atoms with Crippen LogP contribution in [0, 0.1) is 0 Å². The summed E-state index contributed by atoms with van der Waals surface area (Å²) in [6.07, 6.45) is 2.37. The van der Waals surface area contributed by atoms with Crippen LogP contribution in [0.25, 0.3) is 0 Å². The van der Waals surface area contributed by atoms with Gasteiger partial charge in [0.05, 0.1) is 11.5 Å². The summed E-state index contributed by atoms with van der Waals surface area (Å²) in [5.41, 5.74) is 1.24. The first-order valence-electron chi connectivity index (χ1n) is 10.9. The van der Waals surface area contributed by atoms with Gasteiger partial charge in [-0.1, -0.05) is 23.7 Å². The highest BCUT2D eigenvalue weighted by molar-refractivity contribution is 7.89. The van der Waals surface area contributed by atoms with E-state index in [0.29, 0.717) is 30.2 Å². The van der Waals surface area contributed by atoms with Gasteiger partial charge in [0.1, 0.15) is 6.04 Å². The lowest BCUT2D eigenvalue weighted by Gasteiger charge is -2.25. The van der Waals surface area contributed by atoms with Crippen molar-refractivity contribution in [1.29, 1.82) is 0 Å². The summed E-state index contributed by atoms with van der Waals surface area (Å²) in [6.45, 7) is 0.326. The van der Waals surface area contributed by atoms with Crippen molar-refractivity contribution in [3.05, 3.63) is 59.1 Å². The topological polar surface area (TPSA) is 131 Å². The maximum Gasteiger partial charge on any atom is 0.303 e. The first-order chi connectivity index (χ1) is 16.2. The van der Waals surface area contributed by atoms with Crippen molar-refractivity contribution >= 4 is 39.2 Å². The fourth-order valence-corrected chi connectivity index (χ4v) is 4.62. The molecule has 0 aliphatic carbocycles. The van der Waals surface area contributed by atoms with E-state index in [1.165, 1.54) is 24.3 Å². The Kier molecular flexibility index (Phi) is 9.43. The van der Waals surface area contributed by atoms with Gasteiger partial charge in [-0.05, 0) is 67.6 Å². The number of benzene rings is 2. The van der Waals surface area contributed by atoms with Crippen molar-refractivity contribution in [2.24, 2.45) is 0 Å². The molecule has 3 rings (SSSR count). The van der Waals surface area contributed by atoms with Crippen LogP contribution in [0.2, 0.25) is 5.02 Å². The zero-order valence-corrected chi connectivity index (χ0v) is 20.0. The lowest BCUT2D eigenvalue weighted by Crippen LogP contribution is -2.47. The number of hydrogen-bond acceptors (Lipinski definition) is 6. The number of sulfonamides is 1. The van der Waals surface area contributed by atoms with Gasteiger partial charge >= 0.3 is 5.97 Å². The van der Waals surface area contributed by atoms with Crippen molar-refractivity contribution in [3.63, 3.8) is 0 Å². The minimum atomic E-state index is -4.03. The molecule has 184 valence electrons. The van der Waals surface area contributed by atoms with Crippen molar-refractivity contribution in [1.82, 2.24) is 4.72 Å². The molecule has 34 heavy (non-hydrogen) atoms. The molecule has 1 saturated heterocycles. The third-order valence-electron chi connectivity index (χ3n) is 5.17. The molecule has 2 unspecified atom stereocenters. The Morgan fingerprint density at radius 3 is 2.44 bits per heavy atom. The molecule has 0 spiro atoms. The van der Waals surface area contributed by atoms with Crippen LogP contribution in [0.5, 0.6) is 0 Å². The Balaban J connectivity index is 1.70. The number of ether oxygens (including phenoxy) is 2. The zero-order chi connectivity index (χ0) is 24.6. The van der Waals surface area contributed by atoms with Crippen LogP contribution >= 0.6 is 11.6 Å². The molecular weight excluding hydrogens is 484 g/mol. The highest BCUT2D eigenvalue weighted by Crippen LogP contribution is 2.17. The summed E-state index contributed by atoms with van der Waals surface area (Å²) >= 11 is 5.85. The Morgan fingerprint density at radius 2 is 1.82 bits per heavy atom. The van der Waals surface area contributed by atoms with Crippen LogP contribution in [0.3, 0.4) is 0 Å². The number of halogens is 1. The molecule has 1 amide bonds. The SMILES string of the molecule is O=C(O)CCc1ccc(NC(=O)C(COC2CCCCO2)NS(=O)(=O)c2ccc(Cl)cc2)cc1. The van der Waals surface area contributed by atoms with E-state index >= 15 is 0 Å². The molecule has 0 radical (unpaired) electrons. The Morgan fingerprint density at radius 1 is 1.12 bits per heavy atom. The van der Waals surface area contributed by atoms with E-state index in [9.17, 15) is 18.0 Å². The molecule has 11 heteroatoms. The van der Waals surface area contributed by atoms with E-state index in [2.05, 4.69) is 10.0 Å². The molecular formula is C23H27ClN2O7S. The number of hydrogen-bond donors (Lipinski definition) is 3. The maximum atomic E-state index is 13.0. The third kappa shape index (κ3) is 8.07. The van der Waals surface area contributed by atoms with Crippen LogP contribution in [0.1, 0.15) is 31.2 Å². The molecule has 1 heterocycles. The second kappa shape index (κ2) is 12.3. The molecule has 1 fully saturated rings. The minimum absolute atomic E-state index is 0.000827. The minimum Gasteiger partial charge on any atom is -0.481 e. The van der Waals surface area contributed by atoms with Crippen molar-refractivity contribution in [3.8, 4) is 0 Å². The Labute approximate surface area is 203 Å². The number of aryl methyl sites for hydroxylation is 1. The molecule has 3 N–H and O–H groups in total. The highest BCUT2D eigenvalue weighted by Gasteiger charge is 2.28. The standard InChI is InChI=1S/C23H27ClN2O7S/c24-17-7-11-19(12-8-17)34(30,31)26-20(15-33-22-3-1-2-14-32-22)23(29)25-18-9-4-16(5-10-18)6-13-21(27)28/h4-5,7-12,20,22,26H,1-3,6,13-15H2,(H,25,29)(H,27,28). The Hall–Kier alpha value is -2.50. The predicted octanol–water partition coefficient (Wildman–Crippen LogP) is 3.19. The number of carbonyl (C=O) groups is 2. The average molecular weight is 511 g/mol. The van der Waals surface area contributed by atoms with Gasteiger partial charge in [0.15, 0.2) is 6.29 Å². The van der Waals surface area contributed by atoms with Crippen LogP contribution in [-0.4, -0.2) is 50.9 Å². The number of anilines is 1. The lowest BCUT2D eigenvalue weighted by molar-refractivity contribution is -0.166. The molecule has 1 aliphatic heterocycles. The molecule has 0 saturated carbocycles. The normalized spacial score (nSPS) is 17.1. The fourth-order valence-electron chi connectivity index (χ4n) is 3.31. The van der Waals surface area contributed by atoms with E-state index in [1.807, 2.05) is 0 Å². The zero-order valence-electron chi connectivity index (χ0n) is 18.4. The fraction of sp³-hybridized carbons (Fsp3) is 0.391.